The zero-order valence-corrected chi connectivity index (χ0v) is 19.2. The minimum Gasteiger partial charge on any atom is -0.298 e. The van der Waals surface area contributed by atoms with Gasteiger partial charge in [0.15, 0.2) is 5.78 Å². The molecule has 0 aromatic heterocycles. The van der Waals surface area contributed by atoms with E-state index in [9.17, 15) is 13.2 Å². The summed E-state index contributed by atoms with van der Waals surface area (Å²) in [6, 6.07) is 5.99. The maximum Gasteiger partial charge on any atom is 0.294 e. The van der Waals surface area contributed by atoms with Crippen LogP contribution in [0.25, 0.3) is 0 Å². The molecule has 1 fully saturated rings. The van der Waals surface area contributed by atoms with Gasteiger partial charge in [-0.25, -0.2) is 0 Å². The van der Waals surface area contributed by atoms with Crippen molar-refractivity contribution >= 4 is 28.5 Å². The average molecular weight is 429 g/mol. The van der Waals surface area contributed by atoms with Gasteiger partial charge in [-0.1, -0.05) is 70.1 Å². The predicted octanol–water partition coefficient (Wildman–Crippen LogP) is 6.04. The van der Waals surface area contributed by atoms with Crippen LogP contribution < -0.4 is 0 Å². The monoisotopic (exact) mass is 428 g/mol. The molecule has 0 radical (unpaired) electrons. The van der Waals surface area contributed by atoms with Crippen LogP contribution in [0.2, 0.25) is 0 Å². The van der Waals surface area contributed by atoms with Crippen LogP contribution in [0.4, 0.5) is 0 Å². The molecule has 1 aliphatic rings. The third-order valence-corrected chi connectivity index (χ3v) is 6.93. The molecule has 1 saturated carbocycles. The van der Waals surface area contributed by atoms with Gasteiger partial charge in [-0.3, -0.25) is 9.35 Å². The molecule has 160 valence electrons. The highest BCUT2D eigenvalue weighted by Gasteiger charge is 2.38. The van der Waals surface area contributed by atoms with Crippen LogP contribution >= 0.6 is 12.6 Å². The summed E-state index contributed by atoms with van der Waals surface area (Å²) in [6.45, 7) is 6.22. The summed E-state index contributed by atoms with van der Waals surface area (Å²) in [5.74, 6) is 0.779. The Bertz CT molecular complexity index is 682. The highest BCUT2D eigenvalue weighted by Crippen LogP contribution is 2.37. The lowest BCUT2D eigenvalue weighted by Gasteiger charge is -2.30. The quantitative estimate of drug-likeness (QED) is 0.372. The van der Waals surface area contributed by atoms with E-state index in [0.29, 0.717) is 11.7 Å². The summed E-state index contributed by atoms with van der Waals surface area (Å²) in [7, 11) is -4.02. The van der Waals surface area contributed by atoms with Crippen molar-refractivity contribution in [2.24, 2.45) is 5.92 Å². The smallest absolute Gasteiger partial charge is 0.294 e. The van der Waals surface area contributed by atoms with Crippen molar-refractivity contribution in [3.05, 3.63) is 29.8 Å². The number of thiol groups is 1. The molecule has 0 atom stereocenters. The summed E-state index contributed by atoms with van der Waals surface area (Å²) < 4.78 is 29.2. The van der Waals surface area contributed by atoms with E-state index in [-0.39, 0.29) is 9.64 Å². The maximum atomic E-state index is 12.6. The molecule has 1 aliphatic carbocycles. The Kier molecular flexibility index (Phi) is 10.8. The van der Waals surface area contributed by atoms with Gasteiger partial charge >= 0.3 is 0 Å². The number of unbranched alkanes of at least 4 members (excludes halogenated alkanes) is 2. The summed E-state index contributed by atoms with van der Waals surface area (Å²) in [5, 5.41) is 0. The molecule has 6 heteroatoms. The van der Waals surface area contributed by atoms with Gasteiger partial charge in [-0.15, -0.1) is 0 Å². The number of benzene rings is 1. The number of carbonyl (C=O) groups excluding carboxylic acids is 1. The van der Waals surface area contributed by atoms with E-state index in [1.165, 1.54) is 25.0 Å². The Morgan fingerprint density at radius 3 is 1.93 bits per heavy atom. The Balaban J connectivity index is 0.000000307. The van der Waals surface area contributed by atoms with Gasteiger partial charge in [0, 0.05) is 5.92 Å². The van der Waals surface area contributed by atoms with E-state index in [4.69, 9.17) is 17.2 Å². The lowest BCUT2D eigenvalue weighted by Crippen LogP contribution is -2.37. The number of hydrogen-bond donors (Lipinski definition) is 2. The Hall–Kier alpha value is -0.850. The standard InChI is InChI=1S/C15H28OS.C7H8O3S/c1-3-5-11-15(17,12-6-4-2)14(16)13-9-7-8-10-13;1-6-2-4-7(5-3-6)11(8,9)10/h13,17H,3-12H2,1-2H3;2-5H,1H3,(H,8,9,10). The Labute approximate surface area is 176 Å². The summed E-state index contributed by atoms with van der Waals surface area (Å²) in [4.78, 5) is 12.5. The molecule has 0 amide bonds. The molecular weight excluding hydrogens is 392 g/mol. The van der Waals surface area contributed by atoms with E-state index >= 15 is 0 Å². The van der Waals surface area contributed by atoms with E-state index in [0.717, 1.165) is 56.9 Å². The van der Waals surface area contributed by atoms with Gasteiger partial charge in [-0.05, 0) is 44.7 Å². The first-order chi connectivity index (χ1) is 13.1. The molecular formula is C22H36O4S2. The van der Waals surface area contributed by atoms with Crippen molar-refractivity contribution in [1.82, 2.24) is 0 Å². The molecule has 0 bridgehead atoms. The predicted molar refractivity (Wildman–Crippen MR) is 119 cm³/mol. The van der Waals surface area contributed by atoms with Crippen LogP contribution in [0, 0.1) is 12.8 Å². The number of Topliss-reactive ketones (excluding diaryl/α,β-unsaturated/α-hetero) is 1. The summed E-state index contributed by atoms with van der Waals surface area (Å²) >= 11 is 4.81. The molecule has 4 nitrogen and oxygen atoms in total. The van der Waals surface area contributed by atoms with E-state index in [1.807, 2.05) is 6.92 Å². The molecule has 0 heterocycles. The normalized spacial score (nSPS) is 15.2. The maximum absolute atomic E-state index is 12.6. The molecule has 0 spiro atoms. The second-order valence-electron chi connectivity index (χ2n) is 7.87. The van der Waals surface area contributed by atoms with Crippen molar-refractivity contribution < 1.29 is 17.8 Å². The SMILES string of the molecule is CCCCC(S)(CCCC)C(=O)C1CCCC1.Cc1ccc(S(=O)(=O)O)cc1. The first kappa shape index (κ1) is 25.2. The zero-order valence-electron chi connectivity index (χ0n) is 17.5. The molecule has 1 aromatic rings. The van der Waals surface area contributed by atoms with Gasteiger partial charge in [0.25, 0.3) is 10.1 Å². The fourth-order valence-corrected chi connectivity index (χ4v) is 4.57. The van der Waals surface area contributed by atoms with E-state index in [2.05, 4.69) is 13.8 Å². The molecule has 1 aromatic carbocycles. The lowest BCUT2D eigenvalue weighted by molar-refractivity contribution is -0.125. The molecule has 2 rings (SSSR count). The van der Waals surface area contributed by atoms with Crippen LogP contribution in [0.5, 0.6) is 0 Å². The first-order valence-corrected chi connectivity index (χ1v) is 12.3. The van der Waals surface area contributed by atoms with Crippen molar-refractivity contribution in [3.8, 4) is 0 Å². The second-order valence-corrected chi connectivity index (χ2v) is 10.2. The van der Waals surface area contributed by atoms with Gasteiger partial charge in [0.05, 0.1) is 9.64 Å². The lowest BCUT2D eigenvalue weighted by atomic mass is 9.84. The number of carbonyl (C=O) groups is 1. The molecule has 1 N–H and O–H groups in total. The zero-order chi connectivity index (χ0) is 21.2. The van der Waals surface area contributed by atoms with E-state index < -0.39 is 10.1 Å². The Morgan fingerprint density at radius 1 is 1.07 bits per heavy atom. The van der Waals surface area contributed by atoms with Crippen LogP contribution in [0.3, 0.4) is 0 Å². The minimum absolute atomic E-state index is 0.0666. The number of aryl methyl sites for hydroxylation is 1. The van der Waals surface area contributed by atoms with Crippen molar-refractivity contribution in [2.45, 2.75) is 94.6 Å². The largest absolute Gasteiger partial charge is 0.298 e. The van der Waals surface area contributed by atoms with Gasteiger partial charge in [0.2, 0.25) is 0 Å². The van der Waals surface area contributed by atoms with Crippen molar-refractivity contribution in [1.29, 1.82) is 0 Å². The average Bonchev–Trinajstić information content (AvgIpc) is 3.19. The van der Waals surface area contributed by atoms with Gasteiger partial charge < -0.3 is 0 Å². The fourth-order valence-electron chi connectivity index (χ4n) is 3.59. The highest BCUT2D eigenvalue weighted by atomic mass is 32.2. The summed E-state index contributed by atoms with van der Waals surface area (Å²) in [5.41, 5.74) is 0.956. The molecule has 0 aliphatic heterocycles. The van der Waals surface area contributed by atoms with Crippen LogP contribution in [0.15, 0.2) is 29.2 Å². The topological polar surface area (TPSA) is 71.4 Å². The minimum atomic E-state index is -4.02. The molecule has 0 saturated heterocycles. The Morgan fingerprint density at radius 2 is 1.54 bits per heavy atom. The number of rotatable bonds is 9. The van der Waals surface area contributed by atoms with Crippen molar-refractivity contribution in [3.63, 3.8) is 0 Å². The second kappa shape index (κ2) is 12.0. The number of hydrogen-bond acceptors (Lipinski definition) is 4. The van der Waals surface area contributed by atoms with Gasteiger partial charge in [-0.2, -0.15) is 21.0 Å². The molecule has 28 heavy (non-hydrogen) atoms. The third kappa shape index (κ3) is 8.26. The van der Waals surface area contributed by atoms with Gasteiger partial charge in [0.1, 0.15) is 0 Å². The number of ketones is 1. The van der Waals surface area contributed by atoms with Crippen LogP contribution in [-0.4, -0.2) is 23.5 Å². The first-order valence-electron chi connectivity index (χ1n) is 10.4. The van der Waals surface area contributed by atoms with Crippen LogP contribution in [0.1, 0.15) is 83.6 Å². The summed E-state index contributed by atoms with van der Waals surface area (Å²) in [6.07, 6.45) is 11.2. The fraction of sp³-hybridized carbons (Fsp3) is 0.682. The third-order valence-electron chi connectivity index (χ3n) is 5.39. The van der Waals surface area contributed by atoms with Crippen molar-refractivity contribution in [2.75, 3.05) is 0 Å². The molecule has 0 unspecified atom stereocenters. The van der Waals surface area contributed by atoms with Crippen LogP contribution in [-0.2, 0) is 14.9 Å². The van der Waals surface area contributed by atoms with E-state index in [1.54, 1.807) is 12.1 Å². The highest BCUT2D eigenvalue weighted by molar-refractivity contribution is 7.85.